The Bertz CT molecular complexity index is 941. The molecule has 27 heavy (non-hydrogen) atoms. The number of anilines is 1. The van der Waals surface area contributed by atoms with Crippen LogP contribution in [0.2, 0.25) is 0 Å². The van der Waals surface area contributed by atoms with Crippen LogP contribution < -0.4 is 10.5 Å². The minimum absolute atomic E-state index is 0.151. The number of rotatable bonds is 2. The van der Waals surface area contributed by atoms with E-state index in [2.05, 4.69) is 4.98 Å². The summed E-state index contributed by atoms with van der Waals surface area (Å²) in [6, 6.07) is 8.04. The van der Waals surface area contributed by atoms with Gasteiger partial charge < -0.3 is 9.72 Å². The molecule has 1 N–H and O–H groups in total. The average Bonchev–Trinajstić information content (AvgIpc) is 2.80. The highest BCUT2D eigenvalue weighted by Crippen LogP contribution is 2.39. The molecule has 5 nitrogen and oxygen atoms in total. The molecule has 144 valence electrons. The van der Waals surface area contributed by atoms with E-state index < -0.39 is 17.1 Å². The highest BCUT2D eigenvalue weighted by Gasteiger charge is 2.41. The molecule has 1 aliphatic rings. The Morgan fingerprint density at radius 2 is 1.93 bits per heavy atom. The van der Waals surface area contributed by atoms with Crippen LogP contribution in [0.3, 0.4) is 0 Å². The molecule has 1 aromatic carbocycles. The van der Waals surface area contributed by atoms with Crippen LogP contribution in [0.25, 0.3) is 0 Å². The van der Waals surface area contributed by atoms with Crippen molar-refractivity contribution in [1.29, 1.82) is 0 Å². The summed E-state index contributed by atoms with van der Waals surface area (Å²) in [4.78, 5) is 29.7. The lowest BCUT2D eigenvalue weighted by atomic mass is 9.91. The van der Waals surface area contributed by atoms with E-state index >= 15 is 0 Å². The molecule has 0 saturated heterocycles. The Morgan fingerprint density at radius 3 is 2.56 bits per heavy atom. The second-order valence-electron chi connectivity index (χ2n) is 8.60. The minimum Gasteiger partial charge on any atom is -0.443 e. The summed E-state index contributed by atoms with van der Waals surface area (Å²) in [6.07, 6.45) is -0.309. The summed E-state index contributed by atoms with van der Waals surface area (Å²) in [5.41, 5.74) is 0.838. The van der Waals surface area contributed by atoms with Gasteiger partial charge in [0.15, 0.2) is 0 Å². The summed E-state index contributed by atoms with van der Waals surface area (Å²) in [5.74, 6) is -0.360. The van der Waals surface area contributed by atoms with Gasteiger partial charge in [-0.1, -0.05) is 32.0 Å². The minimum atomic E-state index is -0.623. The van der Waals surface area contributed by atoms with Gasteiger partial charge in [0.1, 0.15) is 11.4 Å². The van der Waals surface area contributed by atoms with Crippen molar-refractivity contribution in [2.45, 2.75) is 52.1 Å². The number of carbonyl (C=O) groups is 1. The first-order chi connectivity index (χ1) is 12.5. The summed E-state index contributed by atoms with van der Waals surface area (Å²) >= 11 is 0. The van der Waals surface area contributed by atoms with Crippen LogP contribution in [0, 0.1) is 5.82 Å². The van der Waals surface area contributed by atoms with Crippen molar-refractivity contribution in [1.82, 2.24) is 4.98 Å². The molecule has 2 heterocycles. The van der Waals surface area contributed by atoms with Crippen LogP contribution in [-0.2, 0) is 16.6 Å². The highest BCUT2D eigenvalue weighted by atomic mass is 19.1. The maximum Gasteiger partial charge on any atom is 0.414 e. The van der Waals surface area contributed by atoms with Gasteiger partial charge >= 0.3 is 6.09 Å². The number of nitrogens with one attached hydrogen (secondary N) is 1. The molecule has 6 heteroatoms. The maximum absolute atomic E-state index is 14.0. The van der Waals surface area contributed by atoms with Gasteiger partial charge in [-0.15, -0.1) is 0 Å². The first-order valence-electron chi connectivity index (χ1n) is 8.98. The van der Waals surface area contributed by atoms with Gasteiger partial charge in [0.25, 0.3) is 5.56 Å². The topological polar surface area (TPSA) is 62.4 Å². The normalized spacial score (nSPS) is 15.6. The summed E-state index contributed by atoms with van der Waals surface area (Å²) < 4.78 is 19.5. The second kappa shape index (κ2) is 6.51. The molecule has 1 amide bonds. The molecule has 0 aliphatic carbocycles. The van der Waals surface area contributed by atoms with Crippen molar-refractivity contribution in [3.05, 3.63) is 63.3 Å². The fraction of sp³-hybridized carbons (Fsp3) is 0.429. The van der Waals surface area contributed by atoms with Gasteiger partial charge in [0.05, 0.1) is 5.69 Å². The predicted octanol–water partition coefficient (Wildman–Crippen LogP) is 4.14. The average molecular weight is 372 g/mol. The number of aromatic amines is 1. The quantitative estimate of drug-likeness (QED) is 0.862. The van der Waals surface area contributed by atoms with Gasteiger partial charge in [0, 0.05) is 29.6 Å². The molecule has 0 fully saturated rings. The van der Waals surface area contributed by atoms with Crippen molar-refractivity contribution in [2.75, 3.05) is 11.4 Å². The maximum atomic E-state index is 14.0. The number of hydrogen-bond acceptors (Lipinski definition) is 3. The number of pyridine rings is 1. The lowest BCUT2D eigenvalue weighted by Crippen LogP contribution is -2.38. The fourth-order valence-corrected chi connectivity index (χ4v) is 3.31. The first kappa shape index (κ1) is 19.1. The Balaban J connectivity index is 2.02. The zero-order valence-corrected chi connectivity index (χ0v) is 16.4. The van der Waals surface area contributed by atoms with Crippen molar-refractivity contribution in [3.63, 3.8) is 0 Å². The standard InChI is InChI=1S/C21H25FN2O3/c1-20(2,3)27-19(26)24-12-21(4,5)17-16(24)11-14(18(25)23-17)10-13-8-6-7-9-15(13)22/h6-9,11H,10,12H2,1-5H3,(H,23,25). The third-order valence-corrected chi connectivity index (χ3v) is 4.57. The van der Waals surface area contributed by atoms with Crippen LogP contribution >= 0.6 is 0 Å². The van der Waals surface area contributed by atoms with E-state index in [1.165, 1.54) is 6.07 Å². The molecular weight excluding hydrogens is 347 g/mol. The number of ether oxygens (including phenoxy) is 1. The van der Waals surface area contributed by atoms with Gasteiger partial charge in [0.2, 0.25) is 0 Å². The molecule has 0 radical (unpaired) electrons. The highest BCUT2D eigenvalue weighted by molar-refractivity contribution is 5.91. The van der Waals surface area contributed by atoms with Gasteiger partial charge in [-0.05, 0) is 38.5 Å². The van der Waals surface area contributed by atoms with Crippen molar-refractivity contribution in [2.24, 2.45) is 0 Å². The van der Waals surface area contributed by atoms with Gasteiger partial charge in [-0.2, -0.15) is 0 Å². The summed E-state index contributed by atoms with van der Waals surface area (Å²) in [7, 11) is 0. The van der Waals surface area contributed by atoms with Crippen LogP contribution in [0.5, 0.6) is 0 Å². The van der Waals surface area contributed by atoms with E-state index in [1.54, 1.807) is 29.2 Å². The molecule has 0 saturated carbocycles. The number of amides is 1. The van der Waals surface area contributed by atoms with Gasteiger partial charge in [-0.25, -0.2) is 9.18 Å². The first-order valence-corrected chi connectivity index (χ1v) is 8.98. The smallest absolute Gasteiger partial charge is 0.414 e. The number of hydrogen-bond donors (Lipinski definition) is 1. The number of halogens is 1. The van der Waals surface area contributed by atoms with Crippen LogP contribution in [0.15, 0.2) is 35.1 Å². The molecular formula is C21H25FN2O3. The lowest BCUT2D eigenvalue weighted by molar-refractivity contribution is 0.0579. The van der Waals surface area contributed by atoms with E-state index in [0.717, 1.165) is 0 Å². The molecule has 0 bridgehead atoms. The zero-order chi connectivity index (χ0) is 20.0. The predicted molar refractivity (Wildman–Crippen MR) is 103 cm³/mol. The third-order valence-electron chi connectivity index (χ3n) is 4.57. The lowest BCUT2D eigenvalue weighted by Gasteiger charge is -2.25. The van der Waals surface area contributed by atoms with E-state index in [9.17, 15) is 14.0 Å². The number of H-pyrrole nitrogens is 1. The molecule has 2 aromatic rings. The van der Waals surface area contributed by atoms with E-state index in [0.29, 0.717) is 29.1 Å². The van der Waals surface area contributed by atoms with Gasteiger partial charge in [-0.3, -0.25) is 9.69 Å². The van der Waals surface area contributed by atoms with E-state index in [4.69, 9.17) is 4.74 Å². The van der Waals surface area contributed by atoms with E-state index in [1.807, 2.05) is 34.6 Å². The third kappa shape index (κ3) is 3.89. The van der Waals surface area contributed by atoms with Crippen molar-refractivity contribution in [3.8, 4) is 0 Å². The van der Waals surface area contributed by atoms with Crippen LogP contribution in [0.1, 0.15) is 51.4 Å². The second-order valence-corrected chi connectivity index (χ2v) is 8.60. The molecule has 0 atom stereocenters. The fourth-order valence-electron chi connectivity index (χ4n) is 3.31. The number of carbonyl (C=O) groups excluding carboxylic acids is 1. The number of fused-ring (bicyclic) bond motifs is 1. The Kier molecular flexibility index (Phi) is 4.62. The molecule has 1 aromatic heterocycles. The Morgan fingerprint density at radius 1 is 1.26 bits per heavy atom. The summed E-state index contributed by atoms with van der Waals surface area (Å²) in [5, 5.41) is 0. The Hall–Kier alpha value is -2.63. The molecule has 3 rings (SSSR count). The van der Waals surface area contributed by atoms with Crippen LogP contribution in [0.4, 0.5) is 14.9 Å². The molecule has 0 spiro atoms. The van der Waals surface area contributed by atoms with Crippen LogP contribution in [-0.4, -0.2) is 23.2 Å². The van der Waals surface area contributed by atoms with E-state index in [-0.39, 0.29) is 17.8 Å². The Labute approximate surface area is 158 Å². The van der Waals surface area contributed by atoms with Crippen molar-refractivity contribution >= 4 is 11.8 Å². The number of benzene rings is 1. The number of nitrogens with zero attached hydrogens (tertiary/aromatic N) is 1. The monoisotopic (exact) mass is 372 g/mol. The van der Waals surface area contributed by atoms with Crippen molar-refractivity contribution < 1.29 is 13.9 Å². The number of aromatic nitrogens is 1. The zero-order valence-electron chi connectivity index (χ0n) is 16.4. The molecule has 0 unspecified atom stereocenters. The SMILES string of the molecule is CC(C)(C)OC(=O)N1CC(C)(C)c2[nH]c(=O)c(Cc3ccccc3F)cc21. The summed E-state index contributed by atoms with van der Waals surface area (Å²) in [6.45, 7) is 9.75. The largest absolute Gasteiger partial charge is 0.443 e. The molecule has 1 aliphatic heterocycles.